The number of primary amides is 1. The van der Waals surface area contributed by atoms with Gasteiger partial charge in [0.15, 0.2) is 5.82 Å². The second-order valence-electron chi connectivity index (χ2n) is 9.91. The number of carbonyl (C=O) groups is 1. The maximum absolute atomic E-state index is 13.0. The van der Waals surface area contributed by atoms with E-state index < -0.39 is 17.8 Å². The van der Waals surface area contributed by atoms with E-state index >= 15 is 0 Å². The average Bonchev–Trinajstić information content (AvgIpc) is 3.62. The van der Waals surface area contributed by atoms with Crippen LogP contribution in [0.2, 0.25) is 0 Å². The zero-order chi connectivity index (χ0) is 30.3. The molecule has 0 aliphatic heterocycles. The number of ether oxygens (including phenoxy) is 1. The maximum Gasteiger partial charge on any atom is 0.432 e. The molecule has 11 heteroatoms. The van der Waals surface area contributed by atoms with Crippen LogP contribution in [0.1, 0.15) is 28.5 Å². The minimum Gasteiger partial charge on any atom is -0.457 e. The number of benzene rings is 3. The number of aryl methyl sites for hydroxylation is 2. The Morgan fingerprint density at radius 1 is 1.00 bits per heavy atom. The third kappa shape index (κ3) is 5.32. The molecule has 0 unspecified atom stereocenters. The fourth-order valence-electron chi connectivity index (χ4n) is 4.96. The van der Waals surface area contributed by atoms with E-state index in [1.54, 1.807) is 30.3 Å². The van der Waals surface area contributed by atoms with Crippen molar-refractivity contribution in [2.45, 2.75) is 19.5 Å². The fourth-order valence-corrected chi connectivity index (χ4v) is 4.96. The molecular formula is C32H25F3N6O2. The molecule has 3 heterocycles. The molecule has 3 aromatic heterocycles. The first-order valence-electron chi connectivity index (χ1n) is 13.4. The first kappa shape index (κ1) is 27.7. The highest BCUT2D eigenvalue weighted by Gasteiger charge is 2.33. The minimum atomic E-state index is -4.55. The van der Waals surface area contributed by atoms with Gasteiger partial charge < -0.3 is 20.0 Å². The van der Waals surface area contributed by atoms with Crippen molar-refractivity contribution >= 4 is 16.9 Å². The van der Waals surface area contributed by atoms with Gasteiger partial charge in [-0.2, -0.15) is 13.2 Å². The molecule has 216 valence electrons. The van der Waals surface area contributed by atoms with Crippen molar-refractivity contribution < 1.29 is 22.7 Å². The van der Waals surface area contributed by atoms with E-state index in [0.29, 0.717) is 34.0 Å². The van der Waals surface area contributed by atoms with E-state index in [9.17, 15) is 18.0 Å². The molecule has 1 amide bonds. The van der Waals surface area contributed by atoms with Gasteiger partial charge in [-0.25, -0.2) is 9.97 Å². The molecule has 0 saturated carbocycles. The Labute approximate surface area is 244 Å². The number of halogens is 3. The van der Waals surface area contributed by atoms with Gasteiger partial charge >= 0.3 is 6.18 Å². The number of rotatable bonds is 7. The summed E-state index contributed by atoms with van der Waals surface area (Å²) in [5, 5.41) is 0. The van der Waals surface area contributed by atoms with E-state index in [1.807, 2.05) is 35.9 Å². The Morgan fingerprint density at radius 3 is 2.47 bits per heavy atom. The molecule has 0 fully saturated rings. The summed E-state index contributed by atoms with van der Waals surface area (Å²) in [4.78, 5) is 27.6. The number of aromatic amines is 1. The smallest absolute Gasteiger partial charge is 0.432 e. The van der Waals surface area contributed by atoms with Crippen molar-refractivity contribution in [1.29, 1.82) is 0 Å². The van der Waals surface area contributed by atoms with Crippen LogP contribution in [0.25, 0.3) is 45.1 Å². The Bertz CT molecular complexity index is 1980. The number of pyridine rings is 1. The standard InChI is InChI=1S/C32H25F3N6O2/c1-3-18-7-9-19(10-8-18)22-5-4-6-23(29(36)42)28(22)31-39-24-15-20(11-12-26(24)41(31)2)43-21-13-14-37-25(16-21)30-38-17-27(40-30)32(33,34)35/h4-17H,3H2,1-2H3,(H2,36,42)(H,38,40). The molecule has 0 bridgehead atoms. The molecule has 8 nitrogen and oxygen atoms in total. The zero-order valence-corrected chi connectivity index (χ0v) is 23.1. The number of amides is 1. The van der Waals surface area contributed by atoms with Crippen LogP contribution >= 0.6 is 0 Å². The van der Waals surface area contributed by atoms with Crippen LogP contribution < -0.4 is 10.5 Å². The second-order valence-corrected chi connectivity index (χ2v) is 9.91. The number of hydrogen-bond donors (Lipinski definition) is 2. The van der Waals surface area contributed by atoms with Crippen LogP contribution in [0.4, 0.5) is 13.2 Å². The van der Waals surface area contributed by atoms with Gasteiger partial charge in [0.05, 0.1) is 22.8 Å². The van der Waals surface area contributed by atoms with Crippen molar-refractivity contribution in [3.8, 4) is 45.5 Å². The molecule has 3 N–H and O–H groups in total. The van der Waals surface area contributed by atoms with Gasteiger partial charge in [0.1, 0.15) is 28.7 Å². The van der Waals surface area contributed by atoms with Crippen molar-refractivity contribution in [2.24, 2.45) is 12.8 Å². The van der Waals surface area contributed by atoms with E-state index in [0.717, 1.165) is 29.3 Å². The molecule has 0 aliphatic carbocycles. The Hall–Kier alpha value is -5.45. The van der Waals surface area contributed by atoms with Crippen molar-refractivity contribution in [3.05, 3.63) is 102 Å². The third-order valence-electron chi connectivity index (χ3n) is 7.17. The highest BCUT2D eigenvalue weighted by molar-refractivity contribution is 6.04. The summed E-state index contributed by atoms with van der Waals surface area (Å²) in [6.45, 7) is 2.09. The summed E-state index contributed by atoms with van der Waals surface area (Å²) in [5.74, 6) is 0.757. The van der Waals surface area contributed by atoms with Crippen LogP contribution in [-0.2, 0) is 19.6 Å². The van der Waals surface area contributed by atoms with Gasteiger partial charge in [-0.05, 0) is 47.4 Å². The summed E-state index contributed by atoms with van der Waals surface area (Å²) in [5.41, 5.74) is 10.4. The number of nitrogens with one attached hydrogen (secondary N) is 1. The largest absolute Gasteiger partial charge is 0.457 e. The van der Waals surface area contributed by atoms with Crippen LogP contribution in [0.15, 0.2) is 85.2 Å². The number of carbonyl (C=O) groups excluding carboxylic acids is 1. The minimum absolute atomic E-state index is 0.0316. The zero-order valence-electron chi connectivity index (χ0n) is 23.1. The predicted molar refractivity (Wildman–Crippen MR) is 156 cm³/mol. The molecule has 0 radical (unpaired) electrons. The van der Waals surface area contributed by atoms with Gasteiger partial charge in [0.25, 0.3) is 0 Å². The molecule has 6 rings (SSSR count). The molecule has 3 aromatic carbocycles. The Kier molecular flexibility index (Phi) is 6.93. The van der Waals surface area contributed by atoms with E-state index in [4.69, 9.17) is 15.5 Å². The summed E-state index contributed by atoms with van der Waals surface area (Å²) in [6, 6.07) is 22.0. The Morgan fingerprint density at radius 2 is 1.77 bits per heavy atom. The molecule has 0 atom stereocenters. The van der Waals surface area contributed by atoms with Crippen LogP contribution in [0.5, 0.6) is 11.5 Å². The molecule has 6 aromatic rings. The predicted octanol–water partition coefficient (Wildman–Crippen LogP) is 7.16. The Balaban J connectivity index is 1.37. The van der Waals surface area contributed by atoms with Gasteiger partial charge in [0.2, 0.25) is 5.91 Å². The maximum atomic E-state index is 13.0. The van der Waals surface area contributed by atoms with E-state index in [1.165, 1.54) is 17.8 Å². The van der Waals surface area contributed by atoms with Gasteiger partial charge in [-0.3, -0.25) is 9.78 Å². The second kappa shape index (κ2) is 10.8. The number of hydrogen-bond acceptors (Lipinski definition) is 5. The number of alkyl halides is 3. The first-order valence-corrected chi connectivity index (χ1v) is 13.4. The number of fused-ring (bicyclic) bond motifs is 1. The molecule has 43 heavy (non-hydrogen) atoms. The van der Waals surface area contributed by atoms with E-state index in [-0.39, 0.29) is 11.5 Å². The van der Waals surface area contributed by atoms with Crippen molar-refractivity contribution in [3.63, 3.8) is 0 Å². The molecule has 0 saturated heterocycles. The normalized spacial score (nSPS) is 11.7. The number of nitrogens with zero attached hydrogens (tertiary/aromatic N) is 4. The van der Waals surface area contributed by atoms with Gasteiger partial charge in [-0.15, -0.1) is 0 Å². The quantitative estimate of drug-likeness (QED) is 0.207. The highest BCUT2D eigenvalue weighted by Crippen LogP contribution is 2.37. The van der Waals surface area contributed by atoms with Gasteiger partial charge in [0, 0.05) is 30.9 Å². The van der Waals surface area contributed by atoms with Gasteiger partial charge in [-0.1, -0.05) is 43.3 Å². The summed E-state index contributed by atoms with van der Waals surface area (Å²) in [6.07, 6.45) is -1.49. The highest BCUT2D eigenvalue weighted by atomic mass is 19.4. The summed E-state index contributed by atoms with van der Waals surface area (Å²) < 4.78 is 46.9. The first-order chi connectivity index (χ1) is 20.6. The van der Waals surface area contributed by atoms with Crippen LogP contribution in [0.3, 0.4) is 0 Å². The average molecular weight is 583 g/mol. The third-order valence-corrected chi connectivity index (χ3v) is 7.17. The summed E-state index contributed by atoms with van der Waals surface area (Å²) in [7, 11) is 1.86. The number of nitrogens with two attached hydrogens (primary N) is 1. The number of H-pyrrole nitrogens is 1. The monoisotopic (exact) mass is 582 g/mol. The lowest BCUT2D eigenvalue weighted by atomic mass is 9.93. The topological polar surface area (TPSA) is 112 Å². The molecule has 0 aliphatic rings. The molecular weight excluding hydrogens is 557 g/mol. The van der Waals surface area contributed by atoms with Crippen molar-refractivity contribution in [2.75, 3.05) is 0 Å². The van der Waals surface area contributed by atoms with Crippen molar-refractivity contribution in [1.82, 2.24) is 24.5 Å². The van der Waals surface area contributed by atoms with E-state index in [2.05, 4.69) is 34.0 Å². The fraction of sp³-hybridized carbons (Fsp3) is 0.125. The van der Waals surface area contributed by atoms with Crippen LogP contribution in [0, 0.1) is 0 Å². The van der Waals surface area contributed by atoms with Crippen LogP contribution in [-0.4, -0.2) is 30.4 Å². The summed E-state index contributed by atoms with van der Waals surface area (Å²) >= 11 is 0. The number of imidazole rings is 2. The lowest BCUT2D eigenvalue weighted by molar-refractivity contribution is -0.140. The SMILES string of the molecule is CCc1ccc(-c2cccc(C(N)=O)c2-c2nc3cc(Oc4ccnc(-c5ncc(C(F)(F)F)[nH]5)c4)ccc3n2C)cc1. The molecule has 0 spiro atoms. The lowest BCUT2D eigenvalue weighted by Gasteiger charge is -2.14. The number of aromatic nitrogens is 5. The lowest BCUT2D eigenvalue weighted by Crippen LogP contribution is -2.14.